The standard InChI is InChI=1S/C20H21FN6O/c21-17-5-4-15(23-20(28)26-8-3-9-26)11-18(17)27-13-14-10-16(12-22-19(14)24-27)25-6-1-2-7-25/h4-5,10-13H,1-3,6-9H2,(H,23,28). The number of hydrogen-bond donors (Lipinski definition) is 1. The fourth-order valence-electron chi connectivity index (χ4n) is 3.66. The van der Waals surface area contributed by atoms with E-state index in [9.17, 15) is 9.18 Å². The lowest BCUT2D eigenvalue weighted by atomic mass is 10.2. The number of halogens is 1. The van der Waals surface area contributed by atoms with Crippen molar-refractivity contribution in [1.29, 1.82) is 0 Å². The van der Waals surface area contributed by atoms with Crippen LogP contribution in [0.5, 0.6) is 0 Å². The lowest BCUT2D eigenvalue weighted by molar-refractivity contribution is 0.181. The molecule has 0 bridgehead atoms. The Labute approximate surface area is 161 Å². The highest BCUT2D eigenvalue weighted by atomic mass is 19.1. The van der Waals surface area contributed by atoms with E-state index in [4.69, 9.17) is 0 Å². The molecule has 0 spiro atoms. The molecule has 3 aromatic rings. The second-order valence-electron chi connectivity index (χ2n) is 7.31. The summed E-state index contributed by atoms with van der Waals surface area (Å²) in [4.78, 5) is 20.6. The number of likely N-dealkylation sites (tertiary alicyclic amines) is 1. The van der Waals surface area contributed by atoms with Crippen LogP contribution >= 0.6 is 0 Å². The molecule has 2 amide bonds. The Morgan fingerprint density at radius 2 is 1.89 bits per heavy atom. The molecule has 2 fully saturated rings. The van der Waals surface area contributed by atoms with Crippen molar-refractivity contribution < 1.29 is 9.18 Å². The van der Waals surface area contributed by atoms with E-state index in [1.54, 1.807) is 23.2 Å². The molecule has 5 rings (SSSR count). The maximum absolute atomic E-state index is 14.5. The van der Waals surface area contributed by atoms with Gasteiger partial charge in [0.25, 0.3) is 0 Å². The van der Waals surface area contributed by atoms with Gasteiger partial charge in [-0.1, -0.05) is 0 Å². The van der Waals surface area contributed by atoms with Gasteiger partial charge < -0.3 is 15.1 Å². The van der Waals surface area contributed by atoms with Crippen LogP contribution in [0.1, 0.15) is 19.3 Å². The number of fused-ring (bicyclic) bond motifs is 1. The van der Waals surface area contributed by atoms with Crippen molar-refractivity contribution in [3.63, 3.8) is 0 Å². The van der Waals surface area contributed by atoms with E-state index >= 15 is 0 Å². The Bertz CT molecular complexity index is 1040. The predicted molar refractivity (Wildman–Crippen MR) is 105 cm³/mol. The second kappa shape index (κ2) is 6.78. The summed E-state index contributed by atoms with van der Waals surface area (Å²) in [6.45, 7) is 3.59. The van der Waals surface area contributed by atoms with Gasteiger partial charge in [-0.05, 0) is 43.5 Å². The molecule has 2 aliphatic heterocycles. The number of nitrogens with one attached hydrogen (secondary N) is 1. The highest BCUT2D eigenvalue weighted by molar-refractivity contribution is 5.90. The van der Waals surface area contributed by atoms with Crippen LogP contribution < -0.4 is 10.2 Å². The van der Waals surface area contributed by atoms with Crippen molar-refractivity contribution in [1.82, 2.24) is 19.7 Å². The van der Waals surface area contributed by atoms with Crippen LogP contribution in [-0.4, -0.2) is 51.9 Å². The molecular formula is C20H21FN6O. The number of anilines is 2. The summed E-state index contributed by atoms with van der Waals surface area (Å²) >= 11 is 0. The lowest BCUT2D eigenvalue weighted by Gasteiger charge is -2.30. The fourth-order valence-corrected chi connectivity index (χ4v) is 3.66. The number of hydrogen-bond acceptors (Lipinski definition) is 4. The van der Waals surface area contributed by atoms with E-state index in [1.165, 1.54) is 23.6 Å². The molecule has 7 nitrogen and oxygen atoms in total. The molecule has 0 unspecified atom stereocenters. The third-order valence-electron chi connectivity index (χ3n) is 5.40. The monoisotopic (exact) mass is 380 g/mol. The van der Waals surface area contributed by atoms with E-state index in [2.05, 4.69) is 20.3 Å². The van der Waals surface area contributed by atoms with Crippen LogP contribution in [0, 0.1) is 5.82 Å². The van der Waals surface area contributed by atoms with Gasteiger partial charge in [0.2, 0.25) is 0 Å². The molecule has 1 aromatic carbocycles. The molecular weight excluding hydrogens is 359 g/mol. The quantitative estimate of drug-likeness (QED) is 0.756. The first-order valence-electron chi connectivity index (χ1n) is 9.64. The van der Waals surface area contributed by atoms with Crippen LogP contribution in [0.15, 0.2) is 36.7 Å². The maximum atomic E-state index is 14.5. The summed E-state index contributed by atoms with van der Waals surface area (Å²) < 4.78 is 16.0. The third-order valence-corrected chi connectivity index (χ3v) is 5.40. The normalized spacial score (nSPS) is 16.5. The summed E-state index contributed by atoms with van der Waals surface area (Å²) in [5.74, 6) is -0.408. The summed E-state index contributed by atoms with van der Waals surface area (Å²) in [5, 5.41) is 8.10. The number of urea groups is 1. The Morgan fingerprint density at radius 1 is 1.07 bits per heavy atom. The lowest BCUT2D eigenvalue weighted by Crippen LogP contribution is -2.44. The Balaban J connectivity index is 1.45. The van der Waals surface area contributed by atoms with Gasteiger partial charge in [0.1, 0.15) is 11.5 Å². The second-order valence-corrected chi connectivity index (χ2v) is 7.31. The number of carbonyl (C=O) groups is 1. The van der Waals surface area contributed by atoms with Gasteiger partial charge in [-0.2, -0.15) is 0 Å². The Kier molecular flexibility index (Phi) is 4.11. The molecule has 0 atom stereocenters. The van der Waals surface area contributed by atoms with E-state index in [-0.39, 0.29) is 11.7 Å². The highest BCUT2D eigenvalue weighted by Gasteiger charge is 2.20. The van der Waals surface area contributed by atoms with E-state index < -0.39 is 5.82 Å². The minimum Gasteiger partial charge on any atom is -0.370 e. The van der Waals surface area contributed by atoms with Crippen molar-refractivity contribution in [2.45, 2.75) is 19.3 Å². The average molecular weight is 380 g/mol. The average Bonchev–Trinajstić information content (AvgIpc) is 3.30. The number of benzene rings is 1. The molecule has 144 valence electrons. The van der Waals surface area contributed by atoms with Gasteiger partial charge in [-0.25, -0.2) is 18.9 Å². The van der Waals surface area contributed by atoms with E-state index in [0.29, 0.717) is 11.3 Å². The van der Waals surface area contributed by atoms with Gasteiger partial charge in [-0.15, -0.1) is 5.10 Å². The predicted octanol–water partition coefficient (Wildman–Crippen LogP) is 3.40. The van der Waals surface area contributed by atoms with Gasteiger partial charge in [0.05, 0.1) is 11.9 Å². The highest BCUT2D eigenvalue weighted by Crippen LogP contribution is 2.25. The van der Waals surface area contributed by atoms with Gasteiger partial charge in [0.15, 0.2) is 5.65 Å². The maximum Gasteiger partial charge on any atom is 0.321 e. The molecule has 0 saturated carbocycles. The van der Waals surface area contributed by atoms with Crippen molar-refractivity contribution in [3.8, 4) is 5.69 Å². The van der Waals surface area contributed by atoms with Gasteiger partial charge >= 0.3 is 6.03 Å². The molecule has 2 aromatic heterocycles. The summed E-state index contributed by atoms with van der Waals surface area (Å²) in [6, 6.07) is 6.39. The zero-order valence-corrected chi connectivity index (χ0v) is 15.4. The number of carbonyl (C=O) groups excluding carboxylic acids is 1. The molecule has 1 N–H and O–H groups in total. The van der Waals surface area contributed by atoms with Crippen molar-refractivity contribution in [3.05, 3.63) is 42.5 Å². The largest absolute Gasteiger partial charge is 0.370 e. The number of amides is 2. The number of aromatic nitrogens is 3. The minimum absolute atomic E-state index is 0.161. The number of nitrogens with zero attached hydrogens (tertiary/aromatic N) is 5. The molecule has 2 saturated heterocycles. The van der Waals surface area contributed by atoms with Crippen LogP contribution in [0.3, 0.4) is 0 Å². The summed E-state index contributed by atoms with van der Waals surface area (Å²) in [7, 11) is 0. The zero-order chi connectivity index (χ0) is 19.1. The SMILES string of the molecule is O=C(Nc1ccc(F)c(-n2cc3cc(N4CCCC4)cnc3n2)c1)N1CCC1. The van der Waals surface area contributed by atoms with Gasteiger partial charge in [0, 0.05) is 43.4 Å². The van der Waals surface area contributed by atoms with E-state index in [1.807, 2.05) is 12.3 Å². The first-order valence-corrected chi connectivity index (χ1v) is 9.64. The molecule has 0 radical (unpaired) electrons. The van der Waals surface area contributed by atoms with Crippen molar-refractivity contribution >= 4 is 28.4 Å². The smallest absolute Gasteiger partial charge is 0.321 e. The van der Waals surface area contributed by atoms with Crippen LogP contribution in [0.4, 0.5) is 20.6 Å². The topological polar surface area (TPSA) is 66.3 Å². The molecule has 0 aliphatic carbocycles. The van der Waals surface area contributed by atoms with E-state index in [0.717, 1.165) is 43.7 Å². The van der Waals surface area contributed by atoms with Crippen LogP contribution in [0.25, 0.3) is 16.7 Å². The Hall–Kier alpha value is -3.16. The van der Waals surface area contributed by atoms with Crippen molar-refractivity contribution in [2.75, 3.05) is 36.4 Å². The van der Waals surface area contributed by atoms with Crippen molar-refractivity contribution in [2.24, 2.45) is 0 Å². The number of rotatable bonds is 3. The molecule has 2 aliphatic rings. The van der Waals surface area contributed by atoms with Gasteiger partial charge in [-0.3, -0.25) is 0 Å². The first-order chi connectivity index (χ1) is 13.7. The summed E-state index contributed by atoms with van der Waals surface area (Å²) in [6.07, 6.45) is 7.01. The molecule has 4 heterocycles. The minimum atomic E-state index is -0.408. The molecule has 8 heteroatoms. The summed E-state index contributed by atoms with van der Waals surface area (Å²) in [5.41, 5.74) is 2.46. The van der Waals surface area contributed by atoms with Crippen LogP contribution in [0.2, 0.25) is 0 Å². The number of pyridine rings is 1. The third kappa shape index (κ3) is 3.04. The zero-order valence-electron chi connectivity index (χ0n) is 15.4. The first kappa shape index (κ1) is 17.0. The Morgan fingerprint density at radius 3 is 2.64 bits per heavy atom. The molecule has 28 heavy (non-hydrogen) atoms. The fraction of sp³-hybridized carbons (Fsp3) is 0.350. The van der Waals surface area contributed by atoms with Crippen LogP contribution in [-0.2, 0) is 0 Å².